The number of hydrogen-bond acceptors (Lipinski definition) is 6. The van der Waals surface area contributed by atoms with Crippen molar-refractivity contribution in [1.29, 1.82) is 0 Å². The largest absolute Gasteiger partial charge is 0.462 e. The maximum Gasteiger partial charge on any atom is 0.306 e. The molecule has 0 aromatic heterocycles. The van der Waals surface area contributed by atoms with Crippen LogP contribution in [0.1, 0.15) is 323 Å². The van der Waals surface area contributed by atoms with Gasteiger partial charge in [0.2, 0.25) is 0 Å². The monoisotopic (exact) mass is 929 g/mol. The fraction of sp³-hybridized carbons (Fsp3) is 0.883. The summed E-state index contributed by atoms with van der Waals surface area (Å²) in [5.74, 6) is -0.881. The summed E-state index contributed by atoms with van der Waals surface area (Å²) < 4.78 is 16.8. The number of carbonyl (C=O) groups is 3. The average molecular weight is 930 g/mol. The number of ether oxygens (including phenoxy) is 3. The lowest BCUT2D eigenvalue weighted by Gasteiger charge is -2.18. The fourth-order valence-corrected chi connectivity index (χ4v) is 8.78. The molecule has 388 valence electrons. The van der Waals surface area contributed by atoms with Gasteiger partial charge in [0.05, 0.1) is 0 Å². The maximum atomic E-state index is 12.8. The minimum atomic E-state index is -0.776. The van der Waals surface area contributed by atoms with Gasteiger partial charge in [-0.15, -0.1) is 0 Å². The third-order valence-electron chi connectivity index (χ3n) is 13.2. The lowest BCUT2D eigenvalue weighted by Crippen LogP contribution is -2.30. The van der Waals surface area contributed by atoms with Crippen molar-refractivity contribution in [2.75, 3.05) is 13.2 Å². The SMILES string of the molecule is CCCC/C=C\C=C/CCCCCC(=O)OCC(COC(=O)CCCCCCCCCCCCCCCCCCCCC)OC(=O)CCCCCCCCCCCCCCCCCCCC. The quantitative estimate of drug-likeness (QED) is 0.0262. The highest BCUT2D eigenvalue weighted by molar-refractivity contribution is 5.71. The normalized spacial score (nSPS) is 12.1. The molecule has 0 aromatic rings. The molecule has 0 aliphatic carbocycles. The zero-order valence-corrected chi connectivity index (χ0v) is 44.5. The van der Waals surface area contributed by atoms with Gasteiger partial charge in [-0.2, -0.15) is 0 Å². The first kappa shape index (κ1) is 63.9. The molecule has 0 rings (SSSR count). The Morgan fingerprint density at radius 3 is 0.848 bits per heavy atom. The summed E-state index contributed by atoms with van der Waals surface area (Å²) in [5.41, 5.74) is 0. The zero-order chi connectivity index (χ0) is 47.9. The van der Waals surface area contributed by atoms with Gasteiger partial charge in [0.25, 0.3) is 0 Å². The molecule has 1 unspecified atom stereocenters. The minimum absolute atomic E-state index is 0.0741. The van der Waals surface area contributed by atoms with E-state index in [1.165, 1.54) is 212 Å². The molecule has 0 aliphatic heterocycles. The molecule has 0 saturated heterocycles. The molecule has 0 spiro atoms. The van der Waals surface area contributed by atoms with Gasteiger partial charge in [-0.25, -0.2) is 0 Å². The molecule has 0 bridgehead atoms. The first-order chi connectivity index (χ1) is 32.5. The van der Waals surface area contributed by atoms with Crippen molar-refractivity contribution in [1.82, 2.24) is 0 Å². The molecule has 6 heteroatoms. The van der Waals surface area contributed by atoms with Crippen molar-refractivity contribution in [3.8, 4) is 0 Å². The van der Waals surface area contributed by atoms with Gasteiger partial charge in [-0.1, -0.05) is 289 Å². The van der Waals surface area contributed by atoms with Gasteiger partial charge < -0.3 is 14.2 Å². The topological polar surface area (TPSA) is 78.9 Å². The molecule has 0 aliphatic rings. The standard InChI is InChI=1S/C60H112O6/c1-4-7-10-13-16-19-22-24-26-28-30-32-33-35-38-41-44-47-50-53-59(62)65-56-57(55-64-58(61)52-49-46-43-40-37-21-18-15-12-9-6-3)66-60(63)54-51-48-45-42-39-36-34-31-29-27-25-23-20-17-14-11-8-5-2/h15,18,21,37,57H,4-14,16-17,19-20,22-36,38-56H2,1-3H3/b18-15-,37-21-. The van der Waals surface area contributed by atoms with Crippen molar-refractivity contribution in [3.05, 3.63) is 24.3 Å². The Kier molecular flexibility index (Phi) is 53.7. The Balaban J connectivity index is 4.27. The van der Waals surface area contributed by atoms with Crippen LogP contribution in [0.5, 0.6) is 0 Å². The molecule has 0 heterocycles. The molecule has 1 atom stereocenters. The van der Waals surface area contributed by atoms with Crippen LogP contribution in [-0.4, -0.2) is 37.2 Å². The van der Waals surface area contributed by atoms with Gasteiger partial charge in [0.1, 0.15) is 13.2 Å². The van der Waals surface area contributed by atoms with E-state index in [-0.39, 0.29) is 31.1 Å². The Morgan fingerprint density at radius 2 is 0.545 bits per heavy atom. The molecule has 0 amide bonds. The van der Waals surface area contributed by atoms with Gasteiger partial charge in [-0.3, -0.25) is 14.4 Å². The van der Waals surface area contributed by atoms with Crippen LogP contribution in [-0.2, 0) is 28.6 Å². The Morgan fingerprint density at radius 1 is 0.303 bits per heavy atom. The van der Waals surface area contributed by atoms with E-state index >= 15 is 0 Å². The lowest BCUT2D eigenvalue weighted by molar-refractivity contribution is -0.167. The van der Waals surface area contributed by atoms with Gasteiger partial charge in [-0.05, 0) is 38.5 Å². The molecule has 6 nitrogen and oxygen atoms in total. The molecule has 66 heavy (non-hydrogen) atoms. The second kappa shape index (κ2) is 55.5. The summed E-state index contributed by atoms with van der Waals surface area (Å²) in [6.07, 6.45) is 64.7. The van der Waals surface area contributed by atoms with Crippen molar-refractivity contribution < 1.29 is 28.6 Å². The third kappa shape index (κ3) is 52.9. The molecular weight excluding hydrogens is 817 g/mol. The van der Waals surface area contributed by atoms with E-state index in [0.29, 0.717) is 19.3 Å². The highest BCUT2D eigenvalue weighted by Crippen LogP contribution is 2.17. The van der Waals surface area contributed by atoms with Crippen LogP contribution in [0.2, 0.25) is 0 Å². The maximum absolute atomic E-state index is 12.8. The van der Waals surface area contributed by atoms with Crippen molar-refractivity contribution >= 4 is 17.9 Å². The Labute approximate surface area is 411 Å². The van der Waals surface area contributed by atoms with Crippen molar-refractivity contribution in [2.24, 2.45) is 0 Å². The number of unbranched alkanes of at least 4 members (excludes halogenated alkanes) is 40. The fourth-order valence-electron chi connectivity index (χ4n) is 8.78. The van der Waals surface area contributed by atoms with Gasteiger partial charge >= 0.3 is 17.9 Å². The van der Waals surface area contributed by atoms with Crippen LogP contribution in [0.3, 0.4) is 0 Å². The van der Waals surface area contributed by atoms with Crippen molar-refractivity contribution in [3.63, 3.8) is 0 Å². The van der Waals surface area contributed by atoms with E-state index in [9.17, 15) is 14.4 Å². The van der Waals surface area contributed by atoms with E-state index in [4.69, 9.17) is 14.2 Å². The van der Waals surface area contributed by atoms with E-state index in [1.807, 2.05) is 0 Å². The molecule has 0 saturated carbocycles. The number of hydrogen-bond donors (Lipinski definition) is 0. The minimum Gasteiger partial charge on any atom is -0.462 e. The second-order valence-electron chi connectivity index (χ2n) is 20.0. The van der Waals surface area contributed by atoms with Crippen molar-refractivity contribution in [2.45, 2.75) is 329 Å². The summed E-state index contributed by atoms with van der Waals surface area (Å²) in [4.78, 5) is 38.1. The predicted molar refractivity (Wildman–Crippen MR) is 284 cm³/mol. The van der Waals surface area contributed by atoms with Crippen LogP contribution >= 0.6 is 0 Å². The average Bonchev–Trinajstić information content (AvgIpc) is 3.31. The second-order valence-corrected chi connectivity index (χ2v) is 20.0. The highest BCUT2D eigenvalue weighted by atomic mass is 16.6. The zero-order valence-electron chi connectivity index (χ0n) is 44.5. The summed E-state index contributed by atoms with van der Waals surface area (Å²) in [6, 6.07) is 0. The number of esters is 3. The predicted octanol–water partition coefficient (Wildman–Crippen LogP) is 19.5. The molecule has 0 fully saturated rings. The highest BCUT2D eigenvalue weighted by Gasteiger charge is 2.19. The Bertz CT molecular complexity index is 1070. The summed E-state index contributed by atoms with van der Waals surface area (Å²) in [7, 11) is 0. The Hall–Kier alpha value is -2.11. The van der Waals surface area contributed by atoms with Crippen LogP contribution < -0.4 is 0 Å². The van der Waals surface area contributed by atoms with E-state index in [1.54, 1.807) is 0 Å². The van der Waals surface area contributed by atoms with Gasteiger partial charge in [0.15, 0.2) is 6.10 Å². The van der Waals surface area contributed by atoms with Crippen LogP contribution in [0, 0.1) is 0 Å². The number of carbonyl (C=O) groups excluding carboxylic acids is 3. The van der Waals surface area contributed by atoms with E-state index in [0.717, 1.165) is 70.6 Å². The van der Waals surface area contributed by atoms with E-state index < -0.39 is 6.10 Å². The lowest BCUT2D eigenvalue weighted by atomic mass is 10.0. The first-order valence-corrected chi connectivity index (χ1v) is 29.4. The van der Waals surface area contributed by atoms with Crippen LogP contribution in [0.15, 0.2) is 24.3 Å². The number of rotatable bonds is 54. The molecule has 0 radical (unpaired) electrons. The molecule has 0 N–H and O–H groups in total. The first-order valence-electron chi connectivity index (χ1n) is 29.4. The van der Waals surface area contributed by atoms with Gasteiger partial charge in [0, 0.05) is 19.3 Å². The molecular formula is C60H112O6. The summed E-state index contributed by atoms with van der Waals surface area (Å²) in [6.45, 7) is 6.62. The number of allylic oxidation sites excluding steroid dienone is 4. The van der Waals surface area contributed by atoms with Crippen LogP contribution in [0.25, 0.3) is 0 Å². The summed E-state index contributed by atoms with van der Waals surface area (Å²) >= 11 is 0. The third-order valence-corrected chi connectivity index (χ3v) is 13.2. The van der Waals surface area contributed by atoms with E-state index in [2.05, 4.69) is 45.1 Å². The van der Waals surface area contributed by atoms with Crippen LogP contribution in [0.4, 0.5) is 0 Å². The summed E-state index contributed by atoms with van der Waals surface area (Å²) in [5, 5.41) is 0. The molecule has 0 aromatic carbocycles. The smallest absolute Gasteiger partial charge is 0.306 e.